The van der Waals surface area contributed by atoms with Gasteiger partial charge in [0.1, 0.15) is 5.82 Å². The molecule has 2 heteroatoms. The second-order valence-corrected chi connectivity index (χ2v) is 9.92. The molecule has 0 saturated carbocycles. The van der Waals surface area contributed by atoms with Crippen molar-refractivity contribution in [3.8, 4) is 0 Å². The van der Waals surface area contributed by atoms with Crippen molar-refractivity contribution in [2.45, 2.75) is 95.9 Å². The van der Waals surface area contributed by atoms with Crippen LogP contribution < -0.4 is 5.32 Å². The van der Waals surface area contributed by atoms with Gasteiger partial charge < -0.3 is 5.32 Å². The highest BCUT2D eigenvalue weighted by Crippen LogP contribution is 2.31. The summed E-state index contributed by atoms with van der Waals surface area (Å²) in [7, 11) is 0. The van der Waals surface area contributed by atoms with Crippen LogP contribution in [-0.4, -0.2) is 6.54 Å². The van der Waals surface area contributed by atoms with E-state index in [1.807, 2.05) is 53.7 Å². The molecule has 0 saturated heterocycles. The zero-order chi connectivity index (χ0) is 29.2. The van der Waals surface area contributed by atoms with Gasteiger partial charge in [0, 0.05) is 17.8 Å². The van der Waals surface area contributed by atoms with E-state index in [-0.39, 0.29) is 5.82 Å². The Bertz CT molecular complexity index is 960. The summed E-state index contributed by atoms with van der Waals surface area (Å²) in [5.74, 6) is 0.656. The molecule has 0 spiro atoms. The monoisotopic (exact) mass is 509 g/mol. The van der Waals surface area contributed by atoms with E-state index in [9.17, 15) is 4.39 Å². The number of hydrogen-bond donors (Lipinski definition) is 1. The molecular formula is C35H56FN. The molecule has 0 aromatic heterocycles. The number of rotatable bonds is 8. The first-order valence-electron chi connectivity index (χ1n) is 14.0. The second kappa shape index (κ2) is 19.5. The molecule has 2 aromatic rings. The third-order valence-corrected chi connectivity index (χ3v) is 6.38. The number of allylic oxidation sites excluding steroid dienone is 4. The van der Waals surface area contributed by atoms with Crippen LogP contribution in [0, 0.1) is 24.1 Å². The number of nitrogens with one attached hydrogen (secondary N) is 1. The summed E-state index contributed by atoms with van der Waals surface area (Å²) in [6.07, 6.45) is 5.99. The Hall–Kier alpha value is -2.61. The van der Waals surface area contributed by atoms with Crippen LogP contribution in [-0.2, 0) is 6.42 Å². The first-order valence-corrected chi connectivity index (χ1v) is 14.0. The highest BCUT2D eigenvalue weighted by atomic mass is 19.1. The van der Waals surface area contributed by atoms with Crippen LogP contribution in [0.15, 0.2) is 61.7 Å². The van der Waals surface area contributed by atoms with Crippen molar-refractivity contribution < 1.29 is 4.39 Å². The molecule has 0 aliphatic carbocycles. The fraction of sp³-hybridized carbons (Fsp3) is 0.486. The molecule has 1 N–H and O–H groups in total. The van der Waals surface area contributed by atoms with Gasteiger partial charge in [-0.1, -0.05) is 106 Å². The minimum atomic E-state index is -0.193. The van der Waals surface area contributed by atoms with Gasteiger partial charge in [0.25, 0.3) is 0 Å². The van der Waals surface area contributed by atoms with Gasteiger partial charge in [-0.15, -0.1) is 0 Å². The third-order valence-electron chi connectivity index (χ3n) is 6.38. The number of anilines is 1. The third kappa shape index (κ3) is 13.5. The van der Waals surface area contributed by atoms with Gasteiger partial charge in [0.05, 0.1) is 0 Å². The van der Waals surface area contributed by atoms with E-state index < -0.39 is 0 Å². The zero-order valence-corrected chi connectivity index (χ0v) is 26.1. The second-order valence-electron chi connectivity index (χ2n) is 9.92. The highest BCUT2D eigenvalue weighted by Gasteiger charge is 2.17. The molecule has 0 aliphatic heterocycles. The Labute approximate surface area is 230 Å². The Balaban J connectivity index is 0. The van der Waals surface area contributed by atoms with Crippen molar-refractivity contribution >= 4 is 16.8 Å². The summed E-state index contributed by atoms with van der Waals surface area (Å²) in [4.78, 5) is 0. The largest absolute Gasteiger partial charge is 0.384 e. The molecule has 2 rings (SSSR count). The van der Waals surface area contributed by atoms with E-state index in [0.29, 0.717) is 5.41 Å². The van der Waals surface area contributed by atoms with E-state index in [0.717, 1.165) is 52.4 Å². The lowest BCUT2D eigenvalue weighted by Crippen LogP contribution is -2.15. The summed E-state index contributed by atoms with van der Waals surface area (Å²) in [6, 6.07) is 11.1. The van der Waals surface area contributed by atoms with Crippen LogP contribution in [0.25, 0.3) is 11.1 Å². The average molecular weight is 510 g/mol. The van der Waals surface area contributed by atoms with Crippen LogP contribution in [0.5, 0.6) is 0 Å². The van der Waals surface area contributed by atoms with Gasteiger partial charge in [-0.3, -0.25) is 0 Å². The van der Waals surface area contributed by atoms with Gasteiger partial charge in [0.15, 0.2) is 0 Å². The molecule has 208 valence electrons. The first-order chi connectivity index (χ1) is 17.4. The van der Waals surface area contributed by atoms with Gasteiger partial charge in [0.2, 0.25) is 0 Å². The van der Waals surface area contributed by atoms with Gasteiger partial charge >= 0.3 is 0 Å². The molecule has 2 aromatic carbocycles. The number of halogens is 1. The van der Waals surface area contributed by atoms with Crippen LogP contribution >= 0.6 is 0 Å². The summed E-state index contributed by atoms with van der Waals surface area (Å²) < 4.78 is 13.3. The zero-order valence-electron chi connectivity index (χ0n) is 26.1. The lowest BCUT2D eigenvalue weighted by molar-refractivity contribution is 0.254. The number of hydrogen-bond acceptors (Lipinski definition) is 1. The molecule has 0 heterocycles. The summed E-state index contributed by atoms with van der Waals surface area (Å²) >= 11 is 0. The summed E-state index contributed by atoms with van der Waals surface area (Å²) in [5.41, 5.74) is 8.14. The van der Waals surface area contributed by atoms with Crippen LogP contribution in [0.3, 0.4) is 0 Å². The molecule has 0 amide bonds. The molecule has 0 aliphatic rings. The van der Waals surface area contributed by atoms with Crippen LogP contribution in [0.1, 0.15) is 105 Å². The van der Waals surface area contributed by atoms with Gasteiger partial charge in [-0.25, -0.2) is 4.39 Å². The Morgan fingerprint density at radius 1 is 1.05 bits per heavy atom. The molecule has 0 fully saturated rings. The average Bonchev–Trinajstić information content (AvgIpc) is 2.87. The van der Waals surface area contributed by atoms with Crippen LogP contribution in [0.4, 0.5) is 10.1 Å². The lowest BCUT2D eigenvalue weighted by atomic mass is 9.81. The molecule has 37 heavy (non-hydrogen) atoms. The van der Waals surface area contributed by atoms with E-state index in [1.165, 1.54) is 18.1 Å². The Morgan fingerprint density at radius 3 is 2.05 bits per heavy atom. The molecule has 0 unspecified atom stereocenters. The first kappa shape index (κ1) is 36.5. The fourth-order valence-electron chi connectivity index (χ4n) is 3.55. The molecular weight excluding hydrogens is 453 g/mol. The minimum absolute atomic E-state index is 0.193. The molecule has 0 radical (unpaired) electrons. The van der Waals surface area contributed by atoms with Crippen molar-refractivity contribution in [3.63, 3.8) is 0 Å². The van der Waals surface area contributed by atoms with E-state index >= 15 is 0 Å². The molecule has 1 atom stereocenters. The predicted molar refractivity (Wildman–Crippen MR) is 170 cm³/mol. The van der Waals surface area contributed by atoms with E-state index in [2.05, 4.69) is 78.2 Å². The van der Waals surface area contributed by atoms with Crippen molar-refractivity contribution in [2.75, 3.05) is 11.9 Å². The van der Waals surface area contributed by atoms with E-state index in [4.69, 9.17) is 0 Å². The smallest absolute Gasteiger partial charge is 0.123 e. The standard InChI is InChI=1S/C23H26FN.C8H18.2C2H6/c1-6-19(7-2)22-15-23(21(16(3)4)13-17(22)5)25-12-11-18-9-8-10-20(24)14-18;1-6-7(2)8(3,4)5;2*1-2/h6-10,13-15,25H,1,3,11-12H2,2,4-5H3;7H,6H2,1-5H3;2*1-2H3/b19-7+;;;/t;7-;;/m.1../s1. The topological polar surface area (TPSA) is 12.0 Å². The summed E-state index contributed by atoms with van der Waals surface area (Å²) in [6.45, 7) is 34.3. The normalized spacial score (nSPS) is 11.4. The van der Waals surface area contributed by atoms with E-state index in [1.54, 1.807) is 12.1 Å². The van der Waals surface area contributed by atoms with Gasteiger partial charge in [-0.05, 0) is 90.6 Å². The van der Waals surface area contributed by atoms with Crippen molar-refractivity contribution in [3.05, 3.63) is 89.8 Å². The minimum Gasteiger partial charge on any atom is -0.384 e. The number of aryl methyl sites for hydroxylation is 1. The maximum atomic E-state index is 13.3. The maximum Gasteiger partial charge on any atom is 0.123 e. The fourth-order valence-corrected chi connectivity index (χ4v) is 3.55. The van der Waals surface area contributed by atoms with Crippen LogP contribution in [0.2, 0.25) is 0 Å². The maximum absolute atomic E-state index is 13.3. The van der Waals surface area contributed by atoms with Crippen molar-refractivity contribution in [2.24, 2.45) is 11.3 Å². The highest BCUT2D eigenvalue weighted by molar-refractivity contribution is 5.83. The quantitative estimate of drug-likeness (QED) is 0.349. The number of benzene rings is 2. The predicted octanol–water partition coefficient (Wildman–Crippen LogP) is 11.5. The molecule has 1 nitrogen and oxygen atoms in total. The lowest BCUT2D eigenvalue weighted by Gasteiger charge is -2.25. The van der Waals surface area contributed by atoms with Crippen molar-refractivity contribution in [1.82, 2.24) is 0 Å². The Kier molecular flexibility index (Phi) is 19.3. The molecule has 0 bridgehead atoms. The summed E-state index contributed by atoms with van der Waals surface area (Å²) in [5, 5.41) is 3.49. The van der Waals surface area contributed by atoms with Crippen molar-refractivity contribution in [1.29, 1.82) is 0 Å². The van der Waals surface area contributed by atoms with Gasteiger partial charge in [-0.2, -0.15) is 0 Å². The Morgan fingerprint density at radius 2 is 1.65 bits per heavy atom. The SMILES string of the molecule is C=C/C(=C\C)c1cc(NCCc2cccc(F)c2)c(C(=C)C)cc1C.CC.CC.CC[C@@H](C)C(C)(C)C.